The van der Waals surface area contributed by atoms with Crippen LogP contribution in [0, 0.1) is 13.8 Å². The maximum absolute atomic E-state index is 12.7. The molecule has 3 N–H and O–H groups in total. The van der Waals surface area contributed by atoms with Crippen LogP contribution in [0.4, 0.5) is 4.79 Å². The first-order chi connectivity index (χ1) is 12.8. The van der Waals surface area contributed by atoms with Crippen LogP contribution in [0.3, 0.4) is 0 Å². The Morgan fingerprint density at radius 1 is 1.37 bits per heavy atom. The third-order valence-corrected chi connectivity index (χ3v) is 5.01. The van der Waals surface area contributed by atoms with E-state index < -0.39 is 24.3 Å². The van der Waals surface area contributed by atoms with Crippen LogP contribution in [0.2, 0.25) is 0 Å². The predicted molar refractivity (Wildman–Crippen MR) is 97.7 cm³/mol. The molecule has 1 amide bonds. The third kappa shape index (κ3) is 3.93. The molecule has 3 heterocycles. The summed E-state index contributed by atoms with van der Waals surface area (Å²) in [4.78, 5) is 33.8. The van der Waals surface area contributed by atoms with Crippen LogP contribution >= 0.6 is 0 Å². The van der Waals surface area contributed by atoms with Crippen LogP contribution in [0.1, 0.15) is 30.5 Å². The van der Waals surface area contributed by atoms with Gasteiger partial charge in [0.05, 0.1) is 36.6 Å². The molecule has 0 aliphatic carbocycles. The van der Waals surface area contributed by atoms with Crippen molar-refractivity contribution in [2.45, 2.75) is 57.9 Å². The number of nitrogens with zero attached hydrogens (tertiary/aromatic N) is 4. The first-order valence-electron chi connectivity index (χ1n) is 8.97. The summed E-state index contributed by atoms with van der Waals surface area (Å²) in [5.41, 5.74) is 1.97. The highest BCUT2D eigenvalue weighted by Crippen LogP contribution is 2.22. The molecule has 0 radical (unpaired) electrons. The van der Waals surface area contributed by atoms with Crippen molar-refractivity contribution in [3.63, 3.8) is 0 Å². The van der Waals surface area contributed by atoms with Gasteiger partial charge in [0.1, 0.15) is 0 Å². The van der Waals surface area contributed by atoms with Crippen molar-refractivity contribution >= 4 is 17.1 Å². The van der Waals surface area contributed by atoms with E-state index in [4.69, 9.17) is 0 Å². The van der Waals surface area contributed by atoms with Crippen molar-refractivity contribution in [3.8, 4) is 0 Å². The van der Waals surface area contributed by atoms with E-state index in [-0.39, 0.29) is 24.0 Å². The molecule has 3 rings (SSSR count). The Balaban J connectivity index is 1.81. The Morgan fingerprint density at radius 2 is 2.11 bits per heavy atom. The zero-order valence-corrected chi connectivity index (χ0v) is 15.4. The summed E-state index contributed by atoms with van der Waals surface area (Å²) in [6.07, 6.45) is -0.483. The van der Waals surface area contributed by atoms with Gasteiger partial charge in [-0.25, -0.2) is 14.8 Å². The Labute approximate surface area is 155 Å². The van der Waals surface area contributed by atoms with Crippen LogP contribution in [0.5, 0.6) is 0 Å². The number of likely N-dealkylation sites (tertiary alicyclic amines) is 1. The molecule has 9 heteroatoms. The van der Waals surface area contributed by atoms with Crippen molar-refractivity contribution in [2.24, 2.45) is 0 Å². The number of rotatable bonds is 4. The Morgan fingerprint density at radius 3 is 2.81 bits per heavy atom. The molecule has 2 aromatic heterocycles. The summed E-state index contributed by atoms with van der Waals surface area (Å²) in [6, 6.07) is 1.15. The third-order valence-electron chi connectivity index (χ3n) is 5.01. The first kappa shape index (κ1) is 19.2. The van der Waals surface area contributed by atoms with Crippen LogP contribution in [0.25, 0.3) is 11.0 Å². The van der Waals surface area contributed by atoms with Gasteiger partial charge in [0.25, 0.3) is 5.56 Å². The Hall–Kier alpha value is -2.52. The van der Waals surface area contributed by atoms with Crippen molar-refractivity contribution in [3.05, 3.63) is 34.0 Å². The second kappa shape index (κ2) is 7.61. The molecule has 0 spiro atoms. The van der Waals surface area contributed by atoms with Gasteiger partial charge in [0.15, 0.2) is 5.52 Å². The van der Waals surface area contributed by atoms with E-state index in [1.165, 1.54) is 10.9 Å². The molecule has 0 aromatic carbocycles. The van der Waals surface area contributed by atoms with E-state index in [0.29, 0.717) is 30.6 Å². The number of aryl methyl sites for hydroxylation is 2. The van der Waals surface area contributed by atoms with Gasteiger partial charge in [0, 0.05) is 12.2 Å². The fourth-order valence-corrected chi connectivity index (χ4v) is 3.73. The van der Waals surface area contributed by atoms with Gasteiger partial charge in [-0.15, -0.1) is 0 Å². The number of piperidine rings is 1. The molecule has 1 aliphatic heterocycles. The quantitative estimate of drug-likeness (QED) is 0.715. The van der Waals surface area contributed by atoms with Gasteiger partial charge in [-0.05, 0) is 44.7 Å². The van der Waals surface area contributed by atoms with E-state index in [1.807, 2.05) is 13.0 Å². The summed E-state index contributed by atoms with van der Waals surface area (Å²) in [7, 11) is 0. The highest BCUT2D eigenvalue weighted by atomic mass is 16.4. The fraction of sp³-hybridized carbons (Fsp3) is 0.556. The molecule has 0 unspecified atom stereocenters. The van der Waals surface area contributed by atoms with Crippen molar-refractivity contribution in [2.75, 3.05) is 6.54 Å². The van der Waals surface area contributed by atoms with Gasteiger partial charge in [0.2, 0.25) is 0 Å². The molecular weight excluding hydrogens is 352 g/mol. The summed E-state index contributed by atoms with van der Waals surface area (Å²) in [5.74, 6) is 0. The lowest BCUT2D eigenvalue weighted by Gasteiger charge is -2.38. The van der Waals surface area contributed by atoms with Crippen molar-refractivity contribution < 1.29 is 20.1 Å². The zero-order chi connectivity index (χ0) is 19.7. The average molecular weight is 376 g/mol. The van der Waals surface area contributed by atoms with Crippen molar-refractivity contribution in [1.29, 1.82) is 0 Å². The summed E-state index contributed by atoms with van der Waals surface area (Å²) in [5, 5.41) is 29.9. The molecule has 1 aliphatic rings. The largest absolute Gasteiger partial charge is 0.465 e. The SMILES string of the molecule is Cc1cc(C)c2ncn(C[C@H](O)C[C@@H]3[C@@H](O)CCCN3C(=O)O)c(=O)c2n1. The van der Waals surface area contributed by atoms with Crippen molar-refractivity contribution in [1.82, 2.24) is 19.4 Å². The molecule has 2 aromatic rings. The molecule has 9 nitrogen and oxygen atoms in total. The second-order valence-corrected chi connectivity index (χ2v) is 7.12. The average Bonchev–Trinajstić information content (AvgIpc) is 2.59. The number of hydrogen-bond acceptors (Lipinski definition) is 6. The zero-order valence-electron chi connectivity index (χ0n) is 15.4. The Kier molecular flexibility index (Phi) is 5.43. The number of pyridine rings is 1. The number of aliphatic hydroxyl groups excluding tert-OH is 2. The second-order valence-electron chi connectivity index (χ2n) is 7.12. The minimum atomic E-state index is -1.12. The molecule has 146 valence electrons. The van der Waals surface area contributed by atoms with Gasteiger partial charge in [-0.1, -0.05) is 0 Å². The molecule has 0 bridgehead atoms. The van der Waals surface area contributed by atoms with Gasteiger partial charge >= 0.3 is 6.09 Å². The summed E-state index contributed by atoms with van der Waals surface area (Å²) in [6.45, 7) is 3.92. The molecular formula is C18H24N4O5. The number of carboxylic acid groups (broad SMARTS) is 1. The van der Waals surface area contributed by atoms with Crippen LogP contribution < -0.4 is 5.56 Å². The topological polar surface area (TPSA) is 129 Å². The van der Waals surface area contributed by atoms with Crippen LogP contribution in [-0.2, 0) is 6.54 Å². The maximum atomic E-state index is 12.7. The normalized spacial score (nSPS) is 21.4. The minimum Gasteiger partial charge on any atom is -0.465 e. The van der Waals surface area contributed by atoms with Gasteiger partial charge < -0.3 is 20.2 Å². The van der Waals surface area contributed by atoms with E-state index in [2.05, 4.69) is 9.97 Å². The fourth-order valence-electron chi connectivity index (χ4n) is 3.73. The highest BCUT2D eigenvalue weighted by molar-refractivity contribution is 5.76. The summed E-state index contributed by atoms with van der Waals surface area (Å²) < 4.78 is 1.28. The molecule has 1 fully saturated rings. The molecule has 1 saturated heterocycles. The maximum Gasteiger partial charge on any atom is 0.407 e. The smallest absolute Gasteiger partial charge is 0.407 e. The lowest BCUT2D eigenvalue weighted by atomic mass is 9.94. The van der Waals surface area contributed by atoms with Crippen LogP contribution in [0.15, 0.2) is 17.2 Å². The first-order valence-corrected chi connectivity index (χ1v) is 8.97. The van der Waals surface area contributed by atoms with Gasteiger partial charge in [-0.3, -0.25) is 9.36 Å². The number of aromatic nitrogens is 3. The highest BCUT2D eigenvalue weighted by Gasteiger charge is 2.34. The summed E-state index contributed by atoms with van der Waals surface area (Å²) >= 11 is 0. The minimum absolute atomic E-state index is 0.0399. The van der Waals surface area contributed by atoms with Gasteiger partial charge in [-0.2, -0.15) is 0 Å². The lowest BCUT2D eigenvalue weighted by Crippen LogP contribution is -2.52. The number of carbonyl (C=O) groups is 1. The number of aliphatic hydroxyl groups is 2. The molecule has 3 atom stereocenters. The predicted octanol–water partition coefficient (Wildman–Crippen LogP) is 0.663. The standard InChI is InChI=1S/C18H24N4O5/c1-10-6-11(2)20-16-15(10)19-9-21(17(16)25)8-12(23)7-13-14(24)4-3-5-22(13)18(26)27/h6,9,12-14,23-24H,3-5,7-8H2,1-2H3,(H,26,27)/t12-,13-,14+/m1/s1. The van der Waals surface area contributed by atoms with E-state index in [9.17, 15) is 24.9 Å². The van der Waals surface area contributed by atoms with E-state index in [1.54, 1.807) is 6.92 Å². The number of amides is 1. The van der Waals surface area contributed by atoms with E-state index in [0.717, 1.165) is 10.5 Å². The number of hydrogen-bond donors (Lipinski definition) is 3. The van der Waals surface area contributed by atoms with E-state index >= 15 is 0 Å². The monoisotopic (exact) mass is 376 g/mol. The lowest BCUT2D eigenvalue weighted by molar-refractivity contribution is -0.00935. The van der Waals surface area contributed by atoms with Crippen LogP contribution in [-0.4, -0.2) is 65.6 Å². The number of fused-ring (bicyclic) bond motifs is 1. The Bertz CT molecular complexity index is 912. The molecule has 0 saturated carbocycles. The molecule has 27 heavy (non-hydrogen) atoms.